The van der Waals surface area contributed by atoms with E-state index in [1.54, 1.807) is 0 Å². The number of aliphatic carboxylic acids is 1. The Bertz CT molecular complexity index is 1490. The van der Waals surface area contributed by atoms with Crippen molar-refractivity contribution >= 4 is 39.2 Å². The Labute approximate surface area is 208 Å². The van der Waals surface area contributed by atoms with Crippen molar-refractivity contribution in [3.05, 3.63) is 113 Å². The van der Waals surface area contributed by atoms with Gasteiger partial charge in [0.05, 0.1) is 0 Å². The molecule has 3 N–H and O–H groups in total. The van der Waals surface area contributed by atoms with Gasteiger partial charge in [-0.25, -0.2) is 0 Å². The van der Waals surface area contributed by atoms with Crippen LogP contribution in [0.25, 0.3) is 21.7 Å². The third-order valence-corrected chi connectivity index (χ3v) is 6.44. The van der Waals surface area contributed by atoms with E-state index in [1.165, 1.54) is 0 Å². The van der Waals surface area contributed by atoms with E-state index in [0.29, 0.717) is 30.3 Å². The molecule has 35 heavy (non-hydrogen) atoms. The summed E-state index contributed by atoms with van der Waals surface area (Å²) in [5.41, 5.74) is 3.86. The summed E-state index contributed by atoms with van der Waals surface area (Å²) in [7, 11) is 0. The van der Waals surface area contributed by atoms with Crippen molar-refractivity contribution < 1.29 is 14.6 Å². The molecule has 0 fully saturated rings. The van der Waals surface area contributed by atoms with Crippen molar-refractivity contribution in [3.63, 3.8) is 0 Å². The average molecular weight is 485 g/mol. The van der Waals surface area contributed by atoms with E-state index < -0.39 is 12.0 Å². The molecule has 0 aliphatic carbocycles. The van der Waals surface area contributed by atoms with Crippen LogP contribution in [-0.2, 0) is 24.4 Å². The summed E-state index contributed by atoms with van der Waals surface area (Å²) in [5.74, 6) is -0.177. The van der Waals surface area contributed by atoms with Crippen LogP contribution in [0.5, 0.6) is 5.75 Å². The van der Waals surface area contributed by atoms with E-state index in [4.69, 9.17) is 16.3 Å². The molecule has 0 spiro atoms. The SMILES string of the molecule is O=C(O)[C@@H](Cc1c[nH]c2ccccc12)NCc1c(OCc2cccc(Cl)c2)ccc2ccccc12. The lowest BCUT2D eigenvalue weighted by atomic mass is 10.0. The van der Waals surface area contributed by atoms with E-state index in [-0.39, 0.29) is 0 Å². The number of rotatable bonds is 9. The third kappa shape index (κ3) is 5.16. The van der Waals surface area contributed by atoms with Gasteiger partial charge in [-0.3, -0.25) is 10.1 Å². The highest BCUT2D eigenvalue weighted by atomic mass is 35.5. The van der Waals surface area contributed by atoms with Crippen LogP contribution < -0.4 is 10.1 Å². The fraction of sp³-hybridized carbons (Fsp3) is 0.138. The quantitative estimate of drug-likeness (QED) is 0.228. The van der Waals surface area contributed by atoms with Gasteiger partial charge in [0, 0.05) is 40.7 Å². The van der Waals surface area contributed by atoms with Crippen LogP contribution in [0.4, 0.5) is 0 Å². The summed E-state index contributed by atoms with van der Waals surface area (Å²) in [6, 6.07) is 26.7. The fourth-order valence-electron chi connectivity index (χ4n) is 4.41. The predicted molar refractivity (Wildman–Crippen MR) is 140 cm³/mol. The van der Waals surface area contributed by atoms with Crippen LogP contribution in [-0.4, -0.2) is 22.1 Å². The Morgan fingerprint density at radius 2 is 1.77 bits per heavy atom. The first-order valence-electron chi connectivity index (χ1n) is 11.5. The molecule has 0 saturated carbocycles. The van der Waals surface area contributed by atoms with Gasteiger partial charge in [-0.05, 0) is 46.2 Å². The van der Waals surface area contributed by atoms with Crippen LogP contribution in [0.1, 0.15) is 16.7 Å². The minimum absolute atomic E-state index is 0.353. The van der Waals surface area contributed by atoms with E-state index in [0.717, 1.165) is 38.4 Å². The molecule has 1 atom stereocenters. The van der Waals surface area contributed by atoms with E-state index in [1.807, 2.05) is 91.1 Å². The van der Waals surface area contributed by atoms with Crippen molar-refractivity contribution in [2.45, 2.75) is 25.6 Å². The molecule has 0 bridgehead atoms. The summed E-state index contributed by atoms with van der Waals surface area (Å²) in [6.45, 7) is 0.717. The average Bonchev–Trinajstić information content (AvgIpc) is 3.28. The zero-order chi connectivity index (χ0) is 24.2. The van der Waals surface area contributed by atoms with Gasteiger partial charge in [-0.15, -0.1) is 0 Å². The second kappa shape index (κ2) is 10.2. The number of H-pyrrole nitrogens is 1. The van der Waals surface area contributed by atoms with Crippen LogP contribution in [0, 0.1) is 0 Å². The minimum atomic E-state index is -0.892. The van der Waals surface area contributed by atoms with Crippen LogP contribution in [0.15, 0.2) is 91.1 Å². The summed E-state index contributed by atoms with van der Waals surface area (Å²) in [6.07, 6.45) is 2.25. The van der Waals surface area contributed by atoms with Crippen molar-refractivity contribution in [2.75, 3.05) is 0 Å². The first-order valence-corrected chi connectivity index (χ1v) is 11.9. The number of para-hydroxylation sites is 1. The Hall–Kier alpha value is -3.80. The normalized spacial score (nSPS) is 12.1. The van der Waals surface area contributed by atoms with Crippen LogP contribution in [0.3, 0.4) is 0 Å². The van der Waals surface area contributed by atoms with Gasteiger partial charge in [0.1, 0.15) is 18.4 Å². The lowest BCUT2D eigenvalue weighted by molar-refractivity contribution is -0.139. The number of carboxylic acids is 1. The zero-order valence-electron chi connectivity index (χ0n) is 19.0. The van der Waals surface area contributed by atoms with Gasteiger partial charge in [0.25, 0.3) is 0 Å². The molecule has 0 aliphatic heterocycles. The van der Waals surface area contributed by atoms with E-state index in [9.17, 15) is 9.90 Å². The summed E-state index contributed by atoms with van der Waals surface area (Å²) < 4.78 is 6.19. The summed E-state index contributed by atoms with van der Waals surface area (Å²) in [4.78, 5) is 15.4. The molecule has 0 saturated heterocycles. The van der Waals surface area contributed by atoms with Gasteiger partial charge in [0.2, 0.25) is 0 Å². The number of halogens is 1. The number of aromatic amines is 1. The van der Waals surface area contributed by atoms with E-state index >= 15 is 0 Å². The van der Waals surface area contributed by atoms with Crippen LogP contribution in [0.2, 0.25) is 5.02 Å². The lowest BCUT2D eigenvalue weighted by Gasteiger charge is -2.18. The molecule has 1 heterocycles. The molecule has 0 radical (unpaired) electrons. The second-order valence-electron chi connectivity index (χ2n) is 8.52. The van der Waals surface area contributed by atoms with Gasteiger partial charge >= 0.3 is 5.97 Å². The Balaban J connectivity index is 1.40. The van der Waals surface area contributed by atoms with Gasteiger partial charge in [-0.1, -0.05) is 72.3 Å². The topological polar surface area (TPSA) is 74.3 Å². The van der Waals surface area contributed by atoms with Crippen molar-refractivity contribution in [2.24, 2.45) is 0 Å². The number of carboxylic acid groups (broad SMARTS) is 1. The number of hydrogen-bond donors (Lipinski definition) is 3. The number of nitrogens with one attached hydrogen (secondary N) is 2. The smallest absolute Gasteiger partial charge is 0.321 e. The van der Waals surface area contributed by atoms with E-state index in [2.05, 4.69) is 10.3 Å². The molecule has 1 aromatic heterocycles. The molecule has 5 aromatic rings. The molecule has 4 aromatic carbocycles. The largest absolute Gasteiger partial charge is 0.489 e. The highest BCUT2D eigenvalue weighted by Gasteiger charge is 2.21. The summed E-state index contributed by atoms with van der Waals surface area (Å²) in [5, 5.41) is 17.0. The highest BCUT2D eigenvalue weighted by Crippen LogP contribution is 2.29. The number of ether oxygens (including phenoxy) is 1. The van der Waals surface area contributed by atoms with Gasteiger partial charge in [-0.2, -0.15) is 0 Å². The molecule has 5 nitrogen and oxygen atoms in total. The Kier molecular flexibility index (Phi) is 6.70. The van der Waals surface area contributed by atoms with Crippen molar-refractivity contribution in [1.82, 2.24) is 10.3 Å². The number of benzene rings is 4. The number of hydrogen-bond acceptors (Lipinski definition) is 3. The molecule has 6 heteroatoms. The molecule has 176 valence electrons. The second-order valence-corrected chi connectivity index (χ2v) is 8.95. The summed E-state index contributed by atoms with van der Waals surface area (Å²) >= 11 is 6.12. The maximum Gasteiger partial charge on any atom is 0.321 e. The number of fused-ring (bicyclic) bond motifs is 2. The molecular formula is C29H25ClN2O3. The molecule has 0 aliphatic rings. The fourth-order valence-corrected chi connectivity index (χ4v) is 4.63. The Morgan fingerprint density at radius 3 is 2.60 bits per heavy atom. The molecule has 5 rings (SSSR count). The monoisotopic (exact) mass is 484 g/mol. The van der Waals surface area contributed by atoms with Gasteiger partial charge in [0.15, 0.2) is 0 Å². The molecular weight excluding hydrogens is 460 g/mol. The maximum absolute atomic E-state index is 12.2. The lowest BCUT2D eigenvalue weighted by Crippen LogP contribution is -2.38. The third-order valence-electron chi connectivity index (χ3n) is 6.20. The highest BCUT2D eigenvalue weighted by molar-refractivity contribution is 6.30. The first-order chi connectivity index (χ1) is 17.1. The number of carbonyl (C=O) groups is 1. The molecule has 0 amide bonds. The predicted octanol–water partition coefficient (Wildman–Crippen LogP) is 6.34. The van der Waals surface area contributed by atoms with Crippen molar-refractivity contribution in [1.29, 1.82) is 0 Å². The zero-order valence-corrected chi connectivity index (χ0v) is 19.8. The Morgan fingerprint density at radius 1 is 0.971 bits per heavy atom. The van der Waals surface area contributed by atoms with Crippen LogP contribution >= 0.6 is 11.6 Å². The maximum atomic E-state index is 12.2. The minimum Gasteiger partial charge on any atom is -0.489 e. The van der Waals surface area contributed by atoms with Crippen molar-refractivity contribution in [3.8, 4) is 5.75 Å². The molecule has 0 unspecified atom stereocenters. The number of aromatic nitrogens is 1. The standard InChI is InChI=1S/C29H25ClN2O3/c30-22-8-5-6-19(14-22)18-35-28-13-12-20-7-1-2-9-23(20)25(28)17-32-27(29(33)34)15-21-16-31-26-11-4-3-10-24(21)26/h1-14,16,27,31-32H,15,17-18H2,(H,33,34)/t27-/m1/s1. The first kappa shape index (κ1) is 23.0. The van der Waals surface area contributed by atoms with Gasteiger partial charge < -0.3 is 14.8 Å².